The average Bonchev–Trinajstić information content (AvgIpc) is 3.16. The van der Waals surface area contributed by atoms with Gasteiger partial charge < -0.3 is 5.32 Å². The van der Waals surface area contributed by atoms with Gasteiger partial charge in [-0.25, -0.2) is 0 Å². The van der Waals surface area contributed by atoms with Gasteiger partial charge in [-0.2, -0.15) is 4.52 Å². The average molecular weight is 259 g/mol. The van der Waals surface area contributed by atoms with Gasteiger partial charge in [-0.3, -0.25) is 0 Å². The molecule has 2 aromatic heterocycles. The molecule has 1 atom stereocenters. The Morgan fingerprint density at radius 3 is 2.95 bits per heavy atom. The maximum Gasteiger partial charge on any atom is 0.178 e. The number of nitrogens with zero attached hydrogens (tertiary/aromatic N) is 4. The summed E-state index contributed by atoms with van der Waals surface area (Å²) in [5.74, 6) is 2.80. The van der Waals surface area contributed by atoms with Crippen molar-refractivity contribution in [1.82, 2.24) is 19.8 Å². The Balaban J connectivity index is 1.68. The third-order valence-electron chi connectivity index (χ3n) is 3.74. The minimum atomic E-state index is 0.465. The summed E-state index contributed by atoms with van der Waals surface area (Å²) in [7, 11) is 0. The van der Waals surface area contributed by atoms with Crippen molar-refractivity contribution in [2.24, 2.45) is 5.92 Å². The Labute approximate surface area is 113 Å². The van der Waals surface area contributed by atoms with Crippen LogP contribution in [0.3, 0.4) is 0 Å². The largest absolute Gasteiger partial charge is 0.366 e. The molecule has 3 rings (SSSR count). The van der Waals surface area contributed by atoms with Crippen molar-refractivity contribution < 1.29 is 0 Å². The molecule has 19 heavy (non-hydrogen) atoms. The van der Waals surface area contributed by atoms with Crippen LogP contribution in [0.15, 0.2) is 12.1 Å². The predicted octanol–water partition coefficient (Wildman–Crippen LogP) is 2.68. The number of rotatable bonds is 6. The van der Waals surface area contributed by atoms with Gasteiger partial charge in [0.2, 0.25) is 0 Å². The number of anilines is 1. The van der Waals surface area contributed by atoms with E-state index in [1.54, 1.807) is 0 Å². The van der Waals surface area contributed by atoms with E-state index in [4.69, 9.17) is 0 Å². The summed E-state index contributed by atoms with van der Waals surface area (Å²) in [5.41, 5.74) is 0.813. The van der Waals surface area contributed by atoms with Gasteiger partial charge in [0.1, 0.15) is 5.82 Å². The Kier molecular flexibility index (Phi) is 3.36. The lowest BCUT2D eigenvalue weighted by molar-refractivity contribution is 0.607. The zero-order valence-corrected chi connectivity index (χ0v) is 11.6. The Hall–Kier alpha value is -1.65. The van der Waals surface area contributed by atoms with Gasteiger partial charge in [-0.1, -0.05) is 19.8 Å². The Morgan fingerprint density at radius 2 is 2.21 bits per heavy atom. The minimum Gasteiger partial charge on any atom is -0.366 e. The van der Waals surface area contributed by atoms with E-state index < -0.39 is 0 Å². The first kappa shape index (κ1) is 12.4. The van der Waals surface area contributed by atoms with Gasteiger partial charge in [0, 0.05) is 12.5 Å². The number of hydrogen-bond donors (Lipinski definition) is 1. The first-order valence-corrected chi connectivity index (χ1v) is 7.24. The van der Waals surface area contributed by atoms with Gasteiger partial charge in [0.15, 0.2) is 11.5 Å². The molecular weight excluding hydrogens is 238 g/mol. The maximum atomic E-state index is 4.57. The van der Waals surface area contributed by atoms with Crippen LogP contribution in [0.25, 0.3) is 5.65 Å². The van der Waals surface area contributed by atoms with Crippen LogP contribution in [0.1, 0.15) is 45.4 Å². The quantitative estimate of drug-likeness (QED) is 0.866. The SMILES string of the molecule is CCc1nnc2ccc(NC(C)CCC3CC3)nn12. The Morgan fingerprint density at radius 1 is 1.37 bits per heavy atom. The van der Waals surface area contributed by atoms with E-state index in [0.29, 0.717) is 6.04 Å². The summed E-state index contributed by atoms with van der Waals surface area (Å²) < 4.78 is 1.83. The lowest BCUT2D eigenvalue weighted by atomic mass is 10.1. The van der Waals surface area contributed by atoms with Crippen molar-refractivity contribution in [2.45, 2.75) is 52.0 Å². The van der Waals surface area contributed by atoms with Gasteiger partial charge in [0.25, 0.3) is 0 Å². The molecule has 1 fully saturated rings. The minimum absolute atomic E-state index is 0.465. The fourth-order valence-electron chi connectivity index (χ4n) is 2.35. The highest BCUT2D eigenvalue weighted by Crippen LogP contribution is 2.34. The summed E-state index contributed by atoms with van der Waals surface area (Å²) >= 11 is 0. The molecule has 0 amide bonds. The van der Waals surface area contributed by atoms with Crippen LogP contribution in [0.5, 0.6) is 0 Å². The summed E-state index contributed by atoms with van der Waals surface area (Å²) in [4.78, 5) is 0. The van der Waals surface area contributed by atoms with Crippen LogP contribution in [0.2, 0.25) is 0 Å². The number of nitrogens with one attached hydrogen (secondary N) is 1. The van der Waals surface area contributed by atoms with Crippen LogP contribution in [0, 0.1) is 5.92 Å². The molecule has 1 saturated carbocycles. The standard InChI is InChI=1S/C14H21N5/c1-3-13-16-17-14-9-8-12(18-19(13)14)15-10(2)4-5-11-6-7-11/h8-11H,3-7H2,1-2H3,(H,15,18). The highest BCUT2D eigenvalue weighted by atomic mass is 15.4. The zero-order chi connectivity index (χ0) is 13.2. The smallest absolute Gasteiger partial charge is 0.178 e. The summed E-state index contributed by atoms with van der Waals surface area (Å²) in [6, 6.07) is 4.42. The molecule has 102 valence electrons. The maximum absolute atomic E-state index is 4.57. The fourth-order valence-corrected chi connectivity index (χ4v) is 2.35. The Bertz CT molecular complexity index is 558. The van der Waals surface area contributed by atoms with Crippen molar-refractivity contribution in [3.63, 3.8) is 0 Å². The number of aromatic nitrogens is 4. The molecule has 0 saturated heterocycles. The van der Waals surface area contributed by atoms with E-state index in [9.17, 15) is 0 Å². The molecule has 2 aromatic rings. The monoisotopic (exact) mass is 259 g/mol. The second kappa shape index (κ2) is 5.15. The fraction of sp³-hybridized carbons (Fsp3) is 0.643. The molecule has 0 spiro atoms. The van der Waals surface area contributed by atoms with Gasteiger partial charge >= 0.3 is 0 Å². The number of aryl methyl sites for hydroxylation is 1. The van der Waals surface area contributed by atoms with Crippen LogP contribution >= 0.6 is 0 Å². The second-order valence-corrected chi connectivity index (χ2v) is 5.52. The molecule has 1 unspecified atom stereocenters. The van der Waals surface area contributed by atoms with Gasteiger partial charge in [-0.05, 0) is 37.8 Å². The van der Waals surface area contributed by atoms with E-state index in [1.807, 2.05) is 16.6 Å². The van der Waals surface area contributed by atoms with Crippen molar-refractivity contribution in [3.8, 4) is 0 Å². The molecule has 0 aliphatic heterocycles. The highest BCUT2D eigenvalue weighted by molar-refractivity contribution is 5.44. The van der Waals surface area contributed by atoms with E-state index in [-0.39, 0.29) is 0 Å². The molecule has 1 N–H and O–H groups in total. The molecule has 0 bridgehead atoms. The molecule has 0 aromatic carbocycles. The van der Waals surface area contributed by atoms with E-state index in [2.05, 4.69) is 34.5 Å². The molecule has 0 radical (unpaired) electrons. The third kappa shape index (κ3) is 2.85. The zero-order valence-electron chi connectivity index (χ0n) is 11.6. The second-order valence-electron chi connectivity index (χ2n) is 5.52. The first-order chi connectivity index (χ1) is 9.26. The van der Waals surface area contributed by atoms with Crippen LogP contribution in [0.4, 0.5) is 5.82 Å². The normalized spacial score (nSPS) is 16.7. The van der Waals surface area contributed by atoms with Crippen molar-refractivity contribution in [3.05, 3.63) is 18.0 Å². The van der Waals surface area contributed by atoms with E-state index >= 15 is 0 Å². The topological polar surface area (TPSA) is 55.1 Å². The molecule has 1 aliphatic carbocycles. The third-order valence-corrected chi connectivity index (χ3v) is 3.74. The van der Waals surface area contributed by atoms with Crippen LogP contribution in [-0.2, 0) is 6.42 Å². The number of hydrogen-bond acceptors (Lipinski definition) is 4. The predicted molar refractivity (Wildman–Crippen MR) is 75.2 cm³/mol. The van der Waals surface area contributed by atoms with Crippen molar-refractivity contribution in [1.29, 1.82) is 0 Å². The lowest BCUT2D eigenvalue weighted by Crippen LogP contribution is -2.17. The van der Waals surface area contributed by atoms with E-state index in [1.165, 1.54) is 25.7 Å². The lowest BCUT2D eigenvalue weighted by Gasteiger charge is -2.14. The van der Waals surface area contributed by atoms with Gasteiger partial charge in [0.05, 0.1) is 0 Å². The molecular formula is C14H21N5. The molecule has 1 aliphatic rings. The highest BCUT2D eigenvalue weighted by Gasteiger charge is 2.21. The van der Waals surface area contributed by atoms with Gasteiger partial charge in [-0.15, -0.1) is 15.3 Å². The van der Waals surface area contributed by atoms with Crippen LogP contribution < -0.4 is 5.32 Å². The summed E-state index contributed by atoms with van der Waals surface area (Å²) in [6.45, 7) is 4.29. The van der Waals surface area contributed by atoms with Crippen LogP contribution in [-0.4, -0.2) is 25.9 Å². The van der Waals surface area contributed by atoms with Crippen molar-refractivity contribution in [2.75, 3.05) is 5.32 Å². The van der Waals surface area contributed by atoms with E-state index in [0.717, 1.165) is 29.6 Å². The number of fused-ring (bicyclic) bond motifs is 1. The summed E-state index contributed by atoms with van der Waals surface area (Å²) in [5, 5.41) is 16.3. The first-order valence-electron chi connectivity index (χ1n) is 7.24. The molecule has 2 heterocycles. The molecule has 5 heteroatoms. The molecule has 5 nitrogen and oxygen atoms in total. The van der Waals surface area contributed by atoms with Crippen molar-refractivity contribution >= 4 is 11.5 Å². The summed E-state index contributed by atoms with van der Waals surface area (Å²) in [6.07, 6.45) is 6.25.